The molecular formula is C17H23ClN4O2. The molecule has 1 aliphatic rings. The molecule has 130 valence electrons. The van der Waals surface area contributed by atoms with E-state index >= 15 is 0 Å². The highest BCUT2D eigenvalue weighted by atomic mass is 35.5. The molecule has 3 heterocycles. The van der Waals surface area contributed by atoms with Crippen LogP contribution in [-0.2, 0) is 4.74 Å². The second kappa shape index (κ2) is 6.24. The fourth-order valence-corrected chi connectivity index (χ4v) is 3.06. The summed E-state index contributed by atoms with van der Waals surface area (Å²) in [7, 11) is 0. The molecule has 0 radical (unpaired) electrons. The zero-order valence-electron chi connectivity index (χ0n) is 14.5. The number of amides is 1. The normalized spacial score (nSPS) is 18.9. The predicted molar refractivity (Wildman–Crippen MR) is 93.4 cm³/mol. The number of hydrogen-bond donors (Lipinski definition) is 1. The van der Waals surface area contributed by atoms with Gasteiger partial charge in [0.1, 0.15) is 11.4 Å². The van der Waals surface area contributed by atoms with Crippen LogP contribution in [0.25, 0.3) is 11.2 Å². The van der Waals surface area contributed by atoms with Gasteiger partial charge in [0, 0.05) is 19.0 Å². The van der Waals surface area contributed by atoms with Crippen LogP contribution in [0.15, 0.2) is 6.07 Å². The number of piperidine rings is 1. The third-order valence-corrected chi connectivity index (χ3v) is 4.46. The highest BCUT2D eigenvalue weighted by Crippen LogP contribution is 2.28. The molecule has 0 aromatic carbocycles. The van der Waals surface area contributed by atoms with E-state index in [2.05, 4.69) is 15.0 Å². The number of halogens is 1. The van der Waals surface area contributed by atoms with Gasteiger partial charge in [-0.25, -0.2) is 14.8 Å². The van der Waals surface area contributed by atoms with E-state index in [4.69, 9.17) is 16.3 Å². The van der Waals surface area contributed by atoms with Crippen molar-refractivity contribution in [2.75, 3.05) is 13.1 Å². The smallest absolute Gasteiger partial charge is 0.410 e. The number of aromatic amines is 1. The number of hydrogen-bond acceptors (Lipinski definition) is 4. The number of carbonyl (C=O) groups excluding carboxylic acids is 1. The van der Waals surface area contributed by atoms with E-state index in [9.17, 15) is 4.79 Å². The van der Waals surface area contributed by atoms with Crippen molar-refractivity contribution >= 4 is 28.9 Å². The molecule has 1 atom stereocenters. The highest BCUT2D eigenvalue weighted by Gasteiger charge is 2.29. The van der Waals surface area contributed by atoms with Crippen molar-refractivity contribution in [2.24, 2.45) is 0 Å². The number of ether oxygens (including phenoxy) is 1. The SMILES string of the molecule is Cc1nc2nc(C3CCCN(C(=O)OC(C)(C)C)C3)[nH]c2cc1Cl. The molecule has 0 spiro atoms. The molecule has 0 aliphatic carbocycles. The lowest BCUT2D eigenvalue weighted by atomic mass is 9.98. The van der Waals surface area contributed by atoms with E-state index < -0.39 is 5.60 Å². The van der Waals surface area contributed by atoms with Crippen LogP contribution < -0.4 is 0 Å². The van der Waals surface area contributed by atoms with Crippen molar-refractivity contribution in [3.63, 3.8) is 0 Å². The van der Waals surface area contributed by atoms with Gasteiger partial charge in [-0.3, -0.25) is 0 Å². The standard InChI is InChI=1S/C17H23ClN4O2/c1-10-12(18)8-13-15(19-10)21-14(20-13)11-6-5-7-22(9-11)16(23)24-17(2,3)4/h8,11H,5-7,9H2,1-4H3,(H,19,20,21). The number of aryl methyl sites for hydroxylation is 1. The second-order valence-electron chi connectivity index (χ2n) is 7.31. The first-order valence-corrected chi connectivity index (χ1v) is 8.61. The summed E-state index contributed by atoms with van der Waals surface area (Å²) in [6, 6.07) is 1.85. The quantitative estimate of drug-likeness (QED) is 0.842. The summed E-state index contributed by atoms with van der Waals surface area (Å²) in [5.41, 5.74) is 1.78. The van der Waals surface area contributed by atoms with E-state index in [1.165, 1.54) is 0 Å². The van der Waals surface area contributed by atoms with E-state index in [0.29, 0.717) is 17.2 Å². The molecule has 2 aromatic heterocycles. The molecule has 1 fully saturated rings. The number of nitrogens with one attached hydrogen (secondary N) is 1. The predicted octanol–water partition coefficient (Wildman–Crippen LogP) is 4.03. The number of rotatable bonds is 1. The Kier molecular flexibility index (Phi) is 4.42. The van der Waals surface area contributed by atoms with Gasteiger partial charge < -0.3 is 14.6 Å². The number of pyridine rings is 1. The van der Waals surface area contributed by atoms with Crippen molar-refractivity contribution in [1.29, 1.82) is 0 Å². The van der Waals surface area contributed by atoms with Gasteiger partial charge in [-0.1, -0.05) is 11.6 Å². The lowest BCUT2D eigenvalue weighted by Crippen LogP contribution is -2.42. The van der Waals surface area contributed by atoms with Crippen molar-refractivity contribution in [3.05, 3.63) is 22.6 Å². The van der Waals surface area contributed by atoms with Crippen molar-refractivity contribution < 1.29 is 9.53 Å². The van der Waals surface area contributed by atoms with Gasteiger partial charge in [0.05, 0.1) is 16.2 Å². The maximum atomic E-state index is 12.3. The van der Waals surface area contributed by atoms with Crippen LogP contribution in [0.4, 0.5) is 4.79 Å². The number of fused-ring (bicyclic) bond motifs is 1. The Bertz CT molecular complexity index is 727. The molecule has 1 aliphatic heterocycles. The Morgan fingerprint density at radius 1 is 1.42 bits per heavy atom. The largest absolute Gasteiger partial charge is 0.444 e. The van der Waals surface area contributed by atoms with Crippen LogP contribution in [0.5, 0.6) is 0 Å². The molecule has 7 heteroatoms. The Morgan fingerprint density at radius 3 is 2.88 bits per heavy atom. The molecule has 3 rings (SSSR count). The van der Waals surface area contributed by atoms with Crippen LogP contribution >= 0.6 is 11.6 Å². The van der Waals surface area contributed by atoms with Gasteiger partial charge >= 0.3 is 6.09 Å². The van der Waals surface area contributed by atoms with E-state index in [0.717, 1.165) is 36.4 Å². The first-order valence-electron chi connectivity index (χ1n) is 8.23. The molecule has 1 N–H and O–H groups in total. The van der Waals surface area contributed by atoms with Gasteiger partial charge in [-0.05, 0) is 46.6 Å². The van der Waals surface area contributed by atoms with Crippen molar-refractivity contribution in [1.82, 2.24) is 19.9 Å². The molecule has 24 heavy (non-hydrogen) atoms. The lowest BCUT2D eigenvalue weighted by molar-refractivity contribution is 0.0196. The van der Waals surface area contributed by atoms with E-state index in [1.807, 2.05) is 33.8 Å². The average molecular weight is 351 g/mol. The zero-order chi connectivity index (χ0) is 17.5. The summed E-state index contributed by atoms with van der Waals surface area (Å²) in [5.74, 6) is 1.01. The first-order chi connectivity index (χ1) is 11.2. The molecular weight excluding hydrogens is 328 g/mol. The van der Waals surface area contributed by atoms with Crippen LogP contribution in [0.2, 0.25) is 5.02 Å². The monoisotopic (exact) mass is 350 g/mol. The van der Waals surface area contributed by atoms with Gasteiger partial charge in [0.2, 0.25) is 0 Å². The fraction of sp³-hybridized carbons (Fsp3) is 0.588. The number of H-pyrrole nitrogens is 1. The molecule has 6 nitrogen and oxygen atoms in total. The Balaban J connectivity index is 1.78. The average Bonchev–Trinajstić information content (AvgIpc) is 2.89. The minimum absolute atomic E-state index is 0.152. The molecule has 1 saturated heterocycles. The topological polar surface area (TPSA) is 71.1 Å². The minimum atomic E-state index is -0.485. The maximum absolute atomic E-state index is 12.3. The Labute approximate surface area is 146 Å². The second-order valence-corrected chi connectivity index (χ2v) is 7.72. The van der Waals surface area contributed by atoms with Crippen LogP contribution in [0.3, 0.4) is 0 Å². The summed E-state index contributed by atoms with van der Waals surface area (Å²) in [6.07, 6.45) is 1.64. The van der Waals surface area contributed by atoms with Crippen LogP contribution in [-0.4, -0.2) is 44.6 Å². The summed E-state index contributed by atoms with van der Waals surface area (Å²) >= 11 is 6.13. The Morgan fingerprint density at radius 2 is 2.17 bits per heavy atom. The first kappa shape index (κ1) is 17.0. The van der Waals surface area contributed by atoms with E-state index in [-0.39, 0.29) is 12.0 Å². The fourth-order valence-electron chi connectivity index (χ4n) is 2.91. The lowest BCUT2D eigenvalue weighted by Gasteiger charge is -2.33. The number of carbonyl (C=O) groups is 1. The minimum Gasteiger partial charge on any atom is -0.444 e. The molecule has 0 bridgehead atoms. The summed E-state index contributed by atoms with van der Waals surface area (Å²) in [4.78, 5) is 26.4. The maximum Gasteiger partial charge on any atom is 0.410 e. The number of nitrogens with zero attached hydrogens (tertiary/aromatic N) is 3. The van der Waals surface area contributed by atoms with Crippen LogP contribution in [0, 0.1) is 6.92 Å². The van der Waals surface area contributed by atoms with Gasteiger partial charge in [-0.2, -0.15) is 0 Å². The molecule has 1 amide bonds. The number of likely N-dealkylation sites (tertiary alicyclic amines) is 1. The summed E-state index contributed by atoms with van der Waals surface area (Å²) in [6.45, 7) is 8.81. The molecule has 1 unspecified atom stereocenters. The van der Waals surface area contributed by atoms with Gasteiger partial charge in [0.15, 0.2) is 5.65 Å². The zero-order valence-corrected chi connectivity index (χ0v) is 15.3. The van der Waals surface area contributed by atoms with Gasteiger partial charge in [0.25, 0.3) is 0 Å². The van der Waals surface area contributed by atoms with Crippen molar-refractivity contribution in [2.45, 2.75) is 52.1 Å². The van der Waals surface area contributed by atoms with E-state index in [1.54, 1.807) is 4.90 Å². The van der Waals surface area contributed by atoms with Crippen molar-refractivity contribution in [3.8, 4) is 0 Å². The Hall–Kier alpha value is -1.82. The molecule has 2 aromatic rings. The third-order valence-electron chi connectivity index (χ3n) is 4.08. The number of aromatic nitrogens is 3. The molecule has 0 saturated carbocycles. The summed E-state index contributed by atoms with van der Waals surface area (Å²) in [5, 5.41) is 0.622. The van der Waals surface area contributed by atoms with Crippen LogP contribution in [0.1, 0.15) is 51.0 Å². The summed E-state index contributed by atoms with van der Waals surface area (Å²) < 4.78 is 5.48. The third kappa shape index (κ3) is 3.64. The van der Waals surface area contributed by atoms with Gasteiger partial charge in [-0.15, -0.1) is 0 Å². The highest BCUT2D eigenvalue weighted by molar-refractivity contribution is 6.31. The number of imidazole rings is 1.